The molecule has 178 valence electrons. The molecule has 1 aliphatic rings. The third-order valence-corrected chi connectivity index (χ3v) is 7.61. The molecule has 2 aromatic carbocycles. The summed E-state index contributed by atoms with van der Waals surface area (Å²) in [5, 5.41) is 16.4. The molecule has 1 amide bonds. The first-order valence-corrected chi connectivity index (χ1v) is 12.9. The second kappa shape index (κ2) is 10.4. The normalized spacial score (nSPS) is 15.1. The smallest absolute Gasteiger partial charge is 0.307 e. The molecule has 6 nitrogen and oxygen atoms in total. The van der Waals surface area contributed by atoms with E-state index in [1.165, 1.54) is 0 Å². The van der Waals surface area contributed by atoms with Crippen LogP contribution in [0.4, 0.5) is 5.82 Å². The number of rotatable bonds is 7. The van der Waals surface area contributed by atoms with Gasteiger partial charge < -0.3 is 10.4 Å². The monoisotopic (exact) mass is 485 g/mol. The lowest BCUT2D eigenvalue weighted by molar-refractivity contribution is -0.146. The standard InChI is InChI=1S/C28H27N3O3S/c32-26(16-22(28(33)34)18-7-3-1-4-8-18)31-25-14-13-20-11-12-21(15-23(20)29-25)27-30-24(17-35-27)19-9-5-2-6-10-19/h2,5-6,9-15,17-18,22H,1,3-4,7-8,16H2,(H,33,34)(H,29,31,32). The minimum atomic E-state index is -0.888. The number of nitrogens with one attached hydrogen (secondary N) is 1. The molecular weight excluding hydrogens is 458 g/mol. The molecule has 5 rings (SSSR count). The van der Waals surface area contributed by atoms with Crippen molar-refractivity contribution in [1.82, 2.24) is 9.97 Å². The summed E-state index contributed by atoms with van der Waals surface area (Å²) in [5.74, 6) is -1.35. The number of carbonyl (C=O) groups is 2. The van der Waals surface area contributed by atoms with E-state index in [0.29, 0.717) is 5.82 Å². The Kier molecular flexibility index (Phi) is 6.86. The fraction of sp³-hybridized carbons (Fsp3) is 0.286. The number of anilines is 1. The number of nitrogens with zero attached hydrogens (tertiary/aromatic N) is 2. The number of benzene rings is 2. The lowest BCUT2D eigenvalue weighted by Crippen LogP contribution is -2.30. The molecule has 1 atom stereocenters. The van der Waals surface area contributed by atoms with Gasteiger partial charge in [0, 0.05) is 28.3 Å². The van der Waals surface area contributed by atoms with E-state index >= 15 is 0 Å². The summed E-state index contributed by atoms with van der Waals surface area (Å²) in [7, 11) is 0. The second-order valence-electron chi connectivity index (χ2n) is 9.10. The predicted molar refractivity (Wildman–Crippen MR) is 139 cm³/mol. The van der Waals surface area contributed by atoms with Gasteiger partial charge in [0.2, 0.25) is 5.91 Å². The van der Waals surface area contributed by atoms with E-state index in [9.17, 15) is 14.7 Å². The first kappa shape index (κ1) is 23.2. The number of carbonyl (C=O) groups excluding carboxylic acids is 1. The molecule has 0 radical (unpaired) electrons. The van der Waals surface area contributed by atoms with Crippen molar-refractivity contribution in [2.75, 3.05) is 5.32 Å². The topological polar surface area (TPSA) is 92.2 Å². The first-order valence-electron chi connectivity index (χ1n) is 12.0. The highest BCUT2D eigenvalue weighted by molar-refractivity contribution is 7.13. The highest BCUT2D eigenvalue weighted by atomic mass is 32.1. The second-order valence-corrected chi connectivity index (χ2v) is 9.96. The number of hydrogen-bond acceptors (Lipinski definition) is 5. The van der Waals surface area contributed by atoms with Crippen molar-refractivity contribution in [1.29, 1.82) is 0 Å². The van der Waals surface area contributed by atoms with E-state index in [2.05, 4.69) is 10.3 Å². The SMILES string of the molecule is O=C(CC(C(=O)O)C1CCCCC1)Nc1ccc2ccc(-c3nc(-c4ccccc4)cs3)cc2n1. The highest BCUT2D eigenvalue weighted by Gasteiger charge is 2.31. The van der Waals surface area contributed by atoms with E-state index in [4.69, 9.17) is 4.98 Å². The Hall–Kier alpha value is -3.58. The fourth-order valence-corrected chi connectivity index (χ4v) is 5.68. The molecule has 0 bridgehead atoms. The van der Waals surface area contributed by atoms with Crippen molar-refractivity contribution >= 4 is 39.9 Å². The van der Waals surface area contributed by atoms with Gasteiger partial charge in [-0.05, 0) is 37.0 Å². The number of carboxylic acids is 1. The number of aliphatic carboxylic acids is 1. The molecule has 1 saturated carbocycles. The Morgan fingerprint density at radius 2 is 1.74 bits per heavy atom. The zero-order valence-corrected chi connectivity index (χ0v) is 20.1. The van der Waals surface area contributed by atoms with Crippen LogP contribution in [-0.4, -0.2) is 27.0 Å². The van der Waals surface area contributed by atoms with Crippen molar-refractivity contribution < 1.29 is 14.7 Å². The molecule has 0 aliphatic heterocycles. The van der Waals surface area contributed by atoms with Gasteiger partial charge in [-0.25, -0.2) is 9.97 Å². The van der Waals surface area contributed by atoms with Gasteiger partial charge in [0.25, 0.3) is 0 Å². The van der Waals surface area contributed by atoms with Gasteiger partial charge in [-0.15, -0.1) is 11.3 Å². The fourth-order valence-electron chi connectivity index (χ4n) is 4.85. The molecule has 1 unspecified atom stereocenters. The lowest BCUT2D eigenvalue weighted by atomic mass is 9.78. The van der Waals surface area contributed by atoms with Crippen LogP contribution in [0.15, 0.2) is 66.0 Å². The number of thiazole rings is 1. The summed E-state index contributed by atoms with van der Waals surface area (Å²) in [4.78, 5) is 34.0. The molecule has 35 heavy (non-hydrogen) atoms. The largest absolute Gasteiger partial charge is 0.481 e. The minimum absolute atomic E-state index is 0.0267. The van der Waals surface area contributed by atoms with E-state index < -0.39 is 11.9 Å². The number of amides is 1. The molecule has 2 aromatic heterocycles. The summed E-state index contributed by atoms with van der Waals surface area (Å²) in [5.41, 5.74) is 3.72. The van der Waals surface area contributed by atoms with Crippen molar-refractivity contribution in [3.63, 3.8) is 0 Å². The van der Waals surface area contributed by atoms with Gasteiger partial charge in [0.1, 0.15) is 10.8 Å². The average Bonchev–Trinajstić information content (AvgIpc) is 3.38. The van der Waals surface area contributed by atoms with Crippen LogP contribution in [0.25, 0.3) is 32.7 Å². The van der Waals surface area contributed by atoms with Crippen LogP contribution in [0, 0.1) is 11.8 Å². The molecule has 1 aliphatic carbocycles. The molecule has 4 aromatic rings. The van der Waals surface area contributed by atoms with Crippen molar-refractivity contribution in [3.05, 3.63) is 66.0 Å². The summed E-state index contributed by atoms with van der Waals surface area (Å²) < 4.78 is 0. The maximum Gasteiger partial charge on any atom is 0.307 e. The number of fused-ring (bicyclic) bond motifs is 1. The molecule has 0 saturated heterocycles. The molecule has 1 fully saturated rings. The van der Waals surface area contributed by atoms with E-state index in [-0.39, 0.29) is 18.2 Å². The van der Waals surface area contributed by atoms with Crippen LogP contribution >= 0.6 is 11.3 Å². The highest BCUT2D eigenvalue weighted by Crippen LogP contribution is 2.33. The predicted octanol–water partition coefficient (Wildman–Crippen LogP) is 6.64. The Morgan fingerprint density at radius 1 is 0.971 bits per heavy atom. The minimum Gasteiger partial charge on any atom is -0.481 e. The zero-order valence-electron chi connectivity index (χ0n) is 19.3. The summed E-state index contributed by atoms with van der Waals surface area (Å²) >= 11 is 1.58. The van der Waals surface area contributed by atoms with Crippen molar-refractivity contribution in [2.45, 2.75) is 38.5 Å². The van der Waals surface area contributed by atoms with Gasteiger partial charge in [0.15, 0.2) is 0 Å². The van der Waals surface area contributed by atoms with Crippen LogP contribution in [0.2, 0.25) is 0 Å². The number of aromatic nitrogens is 2. The Bertz CT molecular complexity index is 1350. The molecule has 2 N–H and O–H groups in total. The summed E-state index contributed by atoms with van der Waals surface area (Å²) in [6.07, 6.45) is 4.95. The van der Waals surface area contributed by atoms with Crippen LogP contribution in [-0.2, 0) is 9.59 Å². The third-order valence-electron chi connectivity index (χ3n) is 6.72. The average molecular weight is 486 g/mol. The van der Waals surface area contributed by atoms with Crippen molar-refractivity contribution in [2.24, 2.45) is 11.8 Å². The summed E-state index contributed by atoms with van der Waals surface area (Å²) in [6.45, 7) is 0. The Balaban J connectivity index is 1.32. The molecular formula is C28H27N3O3S. The quantitative estimate of drug-likeness (QED) is 0.306. The lowest BCUT2D eigenvalue weighted by Gasteiger charge is -2.27. The number of hydrogen-bond donors (Lipinski definition) is 2. The summed E-state index contributed by atoms with van der Waals surface area (Å²) in [6, 6.07) is 19.7. The zero-order chi connectivity index (χ0) is 24.2. The molecule has 0 spiro atoms. The van der Waals surface area contributed by atoms with Gasteiger partial charge in [-0.2, -0.15) is 0 Å². The molecule has 2 heterocycles. The number of pyridine rings is 1. The third kappa shape index (κ3) is 5.41. The van der Waals surface area contributed by atoms with Crippen LogP contribution in [0.1, 0.15) is 38.5 Å². The Morgan fingerprint density at radius 3 is 2.51 bits per heavy atom. The maximum absolute atomic E-state index is 12.7. The van der Waals surface area contributed by atoms with Crippen LogP contribution < -0.4 is 5.32 Å². The van der Waals surface area contributed by atoms with Gasteiger partial charge in [-0.1, -0.05) is 61.7 Å². The van der Waals surface area contributed by atoms with Crippen molar-refractivity contribution in [3.8, 4) is 21.8 Å². The van der Waals surface area contributed by atoms with Crippen LogP contribution in [0.5, 0.6) is 0 Å². The maximum atomic E-state index is 12.7. The van der Waals surface area contributed by atoms with Gasteiger partial charge in [-0.3, -0.25) is 9.59 Å². The number of carboxylic acid groups (broad SMARTS) is 1. The van der Waals surface area contributed by atoms with E-state index in [1.54, 1.807) is 17.4 Å². The van der Waals surface area contributed by atoms with E-state index in [1.807, 2.05) is 60.0 Å². The Labute approximate surface area is 208 Å². The molecule has 7 heteroatoms. The first-order chi connectivity index (χ1) is 17.1. The van der Waals surface area contributed by atoms with Gasteiger partial charge >= 0.3 is 5.97 Å². The van der Waals surface area contributed by atoms with E-state index in [0.717, 1.165) is 64.8 Å². The van der Waals surface area contributed by atoms with Crippen LogP contribution in [0.3, 0.4) is 0 Å². The van der Waals surface area contributed by atoms with Gasteiger partial charge in [0.05, 0.1) is 17.1 Å².